The molecule has 6 unspecified atom stereocenters. The van der Waals surface area contributed by atoms with Gasteiger partial charge in [0, 0.05) is 0 Å². The third-order valence-electron chi connectivity index (χ3n) is 7.70. The van der Waals surface area contributed by atoms with Crippen molar-refractivity contribution in [1.82, 2.24) is 0 Å². The Labute approximate surface area is 156 Å². The molecule has 0 radical (unpaired) electrons. The minimum absolute atomic E-state index is 0.0969. The Kier molecular flexibility index (Phi) is 4.50. The number of carbonyl (C=O) groups excluding carboxylic acids is 1. The maximum Gasteiger partial charge on any atom is 0.409 e. The third kappa shape index (κ3) is 2.74. The summed E-state index contributed by atoms with van der Waals surface area (Å²) in [6.07, 6.45) is 6.95. The fourth-order valence-electron chi connectivity index (χ4n) is 6.57. The lowest BCUT2D eigenvalue weighted by Gasteiger charge is -2.53. The van der Waals surface area contributed by atoms with Crippen LogP contribution in [0.25, 0.3) is 0 Å². The topological polar surface area (TPSA) is 72.5 Å². The van der Waals surface area contributed by atoms with Crippen LogP contribution in [0.15, 0.2) is 18.2 Å². The zero-order chi connectivity index (χ0) is 18.5. The molecule has 4 nitrogen and oxygen atoms in total. The van der Waals surface area contributed by atoms with Crippen LogP contribution in [0.2, 0.25) is 0 Å². The van der Waals surface area contributed by atoms with Crippen molar-refractivity contribution in [3.8, 4) is 5.75 Å². The largest absolute Gasteiger partial charge is 0.410 e. The minimum Gasteiger partial charge on any atom is -0.410 e. The summed E-state index contributed by atoms with van der Waals surface area (Å²) in [6, 6.07) is 6.07. The number of primary amides is 1. The molecule has 2 fully saturated rings. The predicted octanol–water partition coefficient (Wildman–Crippen LogP) is 4.39. The molecule has 142 valence electrons. The first-order valence-electron chi connectivity index (χ1n) is 10.2. The summed E-state index contributed by atoms with van der Waals surface area (Å²) in [4.78, 5) is 11.1. The molecule has 4 heteroatoms. The number of hydrogen-bond acceptors (Lipinski definition) is 3. The molecule has 0 saturated heterocycles. The average molecular weight is 357 g/mol. The van der Waals surface area contributed by atoms with Crippen molar-refractivity contribution in [2.75, 3.05) is 0 Å². The Morgan fingerprint density at radius 1 is 1.35 bits per heavy atom. The highest BCUT2D eigenvalue weighted by molar-refractivity contribution is 5.68. The van der Waals surface area contributed by atoms with Gasteiger partial charge in [-0.25, -0.2) is 4.79 Å². The number of carbonyl (C=O) groups is 1. The van der Waals surface area contributed by atoms with Crippen LogP contribution in [0.1, 0.15) is 69.4 Å². The maximum atomic E-state index is 11.1. The Hall–Kier alpha value is -1.55. The van der Waals surface area contributed by atoms with Crippen LogP contribution in [-0.2, 0) is 6.42 Å². The van der Waals surface area contributed by atoms with E-state index in [0.717, 1.165) is 32.1 Å². The minimum atomic E-state index is -0.753. The first-order valence-corrected chi connectivity index (χ1v) is 10.2. The van der Waals surface area contributed by atoms with Gasteiger partial charge in [-0.1, -0.05) is 32.8 Å². The molecule has 26 heavy (non-hydrogen) atoms. The van der Waals surface area contributed by atoms with Crippen LogP contribution in [0.4, 0.5) is 4.79 Å². The zero-order valence-electron chi connectivity index (χ0n) is 15.9. The van der Waals surface area contributed by atoms with Crippen LogP contribution in [-0.4, -0.2) is 17.3 Å². The van der Waals surface area contributed by atoms with E-state index in [0.29, 0.717) is 29.4 Å². The van der Waals surface area contributed by atoms with E-state index in [4.69, 9.17) is 10.5 Å². The molecule has 6 atom stereocenters. The lowest BCUT2D eigenvalue weighted by molar-refractivity contribution is -0.0394. The zero-order valence-corrected chi connectivity index (χ0v) is 15.9. The van der Waals surface area contributed by atoms with Gasteiger partial charge in [-0.2, -0.15) is 0 Å². The van der Waals surface area contributed by atoms with Gasteiger partial charge in [-0.05, 0) is 84.5 Å². The lowest BCUT2D eigenvalue weighted by atomic mass is 9.52. The highest BCUT2D eigenvalue weighted by atomic mass is 16.5. The summed E-state index contributed by atoms with van der Waals surface area (Å²) < 4.78 is 5.12. The van der Waals surface area contributed by atoms with Gasteiger partial charge in [0.25, 0.3) is 0 Å². The van der Waals surface area contributed by atoms with Crippen LogP contribution < -0.4 is 10.5 Å². The second-order valence-corrected chi connectivity index (χ2v) is 8.96. The number of benzene rings is 1. The summed E-state index contributed by atoms with van der Waals surface area (Å²) in [5.41, 5.74) is 8.04. The molecule has 2 saturated carbocycles. The van der Waals surface area contributed by atoms with Gasteiger partial charge in [-0.15, -0.1) is 0 Å². The average Bonchev–Trinajstić information content (AvgIpc) is 2.89. The van der Waals surface area contributed by atoms with E-state index in [9.17, 15) is 9.90 Å². The number of ether oxygens (including phenoxy) is 1. The predicted molar refractivity (Wildman–Crippen MR) is 101 cm³/mol. The van der Waals surface area contributed by atoms with Crippen molar-refractivity contribution in [2.24, 2.45) is 28.9 Å². The Bertz CT molecular complexity index is 703. The molecule has 1 amide bonds. The first-order chi connectivity index (χ1) is 12.4. The van der Waals surface area contributed by atoms with E-state index in [1.807, 2.05) is 12.1 Å². The monoisotopic (exact) mass is 357 g/mol. The number of nitrogens with two attached hydrogens (primary N) is 1. The highest BCUT2D eigenvalue weighted by Crippen LogP contribution is 2.62. The van der Waals surface area contributed by atoms with E-state index in [2.05, 4.69) is 19.9 Å². The van der Waals surface area contributed by atoms with Crippen molar-refractivity contribution in [3.05, 3.63) is 29.3 Å². The second kappa shape index (κ2) is 6.56. The third-order valence-corrected chi connectivity index (χ3v) is 7.70. The Morgan fingerprint density at radius 3 is 2.88 bits per heavy atom. The van der Waals surface area contributed by atoms with Gasteiger partial charge < -0.3 is 15.6 Å². The summed E-state index contributed by atoms with van der Waals surface area (Å²) >= 11 is 0. The number of aliphatic hydroxyl groups is 1. The molecule has 0 aromatic heterocycles. The standard InChI is InChI=1S/C22H31NO3/c1-3-4-13-11-14-12-15(26-21(23)25)5-6-16(14)17-9-10-22(2)18(20(13)17)7-8-19(22)24/h5-6,12-13,17-20,24H,3-4,7-11H2,1-2H3,(H2,23,25). The smallest absolute Gasteiger partial charge is 0.409 e. The van der Waals surface area contributed by atoms with E-state index >= 15 is 0 Å². The molecule has 3 aliphatic rings. The lowest BCUT2D eigenvalue weighted by Crippen LogP contribution is -2.47. The molecule has 0 aliphatic heterocycles. The van der Waals surface area contributed by atoms with Crippen molar-refractivity contribution < 1.29 is 14.6 Å². The molecular weight excluding hydrogens is 326 g/mol. The number of fused-ring (bicyclic) bond motifs is 5. The Morgan fingerprint density at radius 2 is 2.15 bits per heavy atom. The van der Waals surface area contributed by atoms with Gasteiger partial charge in [-0.3, -0.25) is 0 Å². The molecule has 1 aromatic rings. The fraction of sp³-hybridized carbons (Fsp3) is 0.682. The normalized spacial score (nSPS) is 38.2. The van der Waals surface area contributed by atoms with Gasteiger partial charge in [0.1, 0.15) is 5.75 Å². The summed E-state index contributed by atoms with van der Waals surface area (Å²) in [7, 11) is 0. The quantitative estimate of drug-likeness (QED) is 0.843. The number of amides is 1. The van der Waals surface area contributed by atoms with E-state index in [1.165, 1.54) is 24.0 Å². The maximum absolute atomic E-state index is 11.1. The van der Waals surface area contributed by atoms with Crippen molar-refractivity contribution in [2.45, 2.75) is 70.8 Å². The van der Waals surface area contributed by atoms with E-state index < -0.39 is 6.09 Å². The molecule has 3 aliphatic carbocycles. The molecule has 4 rings (SSSR count). The van der Waals surface area contributed by atoms with Crippen molar-refractivity contribution in [3.63, 3.8) is 0 Å². The molecule has 0 heterocycles. The summed E-state index contributed by atoms with van der Waals surface area (Å²) in [6.45, 7) is 4.59. The second-order valence-electron chi connectivity index (χ2n) is 8.96. The number of rotatable bonds is 3. The number of hydrogen-bond donors (Lipinski definition) is 2. The van der Waals surface area contributed by atoms with Crippen LogP contribution in [0.3, 0.4) is 0 Å². The Balaban J connectivity index is 1.71. The van der Waals surface area contributed by atoms with Gasteiger partial charge in [0.05, 0.1) is 6.10 Å². The van der Waals surface area contributed by atoms with Crippen LogP contribution in [0.5, 0.6) is 5.75 Å². The van der Waals surface area contributed by atoms with Gasteiger partial charge in [0.15, 0.2) is 0 Å². The summed E-state index contributed by atoms with van der Waals surface area (Å²) in [5.74, 6) is 3.07. The molecular formula is C22H31NO3. The summed E-state index contributed by atoms with van der Waals surface area (Å²) in [5, 5.41) is 10.6. The van der Waals surface area contributed by atoms with Crippen LogP contribution >= 0.6 is 0 Å². The molecule has 0 spiro atoms. The van der Waals surface area contributed by atoms with Gasteiger partial charge >= 0.3 is 6.09 Å². The first kappa shape index (κ1) is 17.8. The fourth-order valence-corrected chi connectivity index (χ4v) is 6.57. The van der Waals surface area contributed by atoms with Crippen molar-refractivity contribution >= 4 is 6.09 Å². The van der Waals surface area contributed by atoms with Crippen LogP contribution in [0, 0.1) is 23.2 Å². The number of aliphatic hydroxyl groups excluding tert-OH is 1. The van der Waals surface area contributed by atoms with E-state index in [1.54, 1.807) is 0 Å². The molecule has 1 aromatic carbocycles. The SMILES string of the molecule is CCCC1Cc2cc(OC(N)=O)ccc2C2CCC3(C)C(O)CCC3C12. The molecule has 3 N–H and O–H groups in total. The van der Waals surface area contributed by atoms with Crippen molar-refractivity contribution in [1.29, 1.82) is 0 Å². The molecule has 0 bridgehead atoms. The highest BCUT2D eigenvalue weighted by Gasteiger charge is 2.56. The van der Waals surface area contributed by atoms with Gasteiger partial charge in [0.2, 0.25) is 0 Å². The van der Waals surface area contributed by atoms with E-state index in [-0.39, 0.29) is 11.5 Å².